The quantitative estimate of drug-likeness (QED) is 0.471. The van der Waals surface area contributed by atoms with Crippen molar-refractivity contribution in [2.75, 3.05) is 37.2 Å². The van der Waals surface area contributed by atoms with Gasteiger partial charge in [0.25, 0.3) is 0 Å². The van der Waals surface area contributed by atoms with Crippen molar-refractivity contribution in [1.29, 1.82) is 0 Å². The van der Waals surface area contributed by atoms with Gasteiger partial charge in [-0.3, -0.25) is 9.78 Å². The molecular weight excluding hydrogens is 432 g/mol. The Morgan fingerprint density at radius 2 is 1.88 bits per heavy atom. The van der Waals surface area contributed by atoms with Crippen molar-refractivity contribution in [3.8, 4) is 17.0 Å². The van der Waals surface area contributed by atoms with Gasteiger partial charge in [-0.25, -0.2) is 13.4 Å². The first-order valence-electron chi connectivity index (χ1n) is 9.69. The molecule has 0 saturated carbocycles. The van der Waals surface area contributed by atoms with Crippen LogP contribution < -0.4 is 15.4 Å². The van der Waals surface area contributed by atoms with Gasteiger partial charge in [0, 0.05) is 43.8 Å². The molecular formula is C22H24N4O5S. The highest BCUT2D eigenvalue weighted by Crippen LogP contribution is 2.32. The number of nitrogens with one attached hydrogen (secondary N) is 2. The number of aromatic nitrogens is 2. The molecule has 0 spiro atoms. The highest BCUT2D eigenvalue weighted by Gasteiger charge is 2.13. The number of methoxy groups -OCH3 is 1. The molecule has 168 valence electrons. The largest absolute Gasteiger partial charge is 0.490 e. The van der Waals surface area contributed by atoms with Gasteiger partial charge in [0.05, 0.1) is 29.1 Å². The van der Waals surface area contributed by atoms with Crippen molar-refractivity contribution < 1.29 is 22.7 Å². The predicted molar refractivity (Wildman–Crippen MR) is 122 cm³/mol. The Morgan fingerprint density at radius 1 is 1.06 bits per heavy atom. The molecule has 3 aromatic rings. The van der Waals surface area contributed by atoms with Crippen LogP contribution in [-0.2, 0) is 19.4 Å². The van der Waals surface area contributed by atoms with Gasteiger partial charge in [0.1, 0.15) is 18.2 Å². The first-order chi connectivity index (χ1) is 15.3. The second kappa shape index (κ2) is 10.2. The van der Waals surface area contributed by atoms with Gasteiger partial charge in [-0.05, 0) is 30.3 Å². The summed E-state index contributed by atoms with van der Waals surface area (Å²) in [5.74, 6) is 0.692. The number of benzene rings is 1. The van der Waals surface area contributed by atoms with Gasteiger partial charge in [-0.15, -0.1) is 0 Å². The lowest BCUT2D eigenvalue weighted by molar-refractivity contribution is -0.114. The lowest BCUT2D eigenvalue weighted by Gasteiger charge is -2.14. The van der Waals surface area contributed by atoms with E-state index >= 15 is 0 Å². The van der Waals surface area contributed by atoms with Crippen molar-refractivity contribution in [2.24, 2.45) is 0 Å². The molecule has 0 bridgehead atoms. The molecule has 0 aliphatic rings. The Hall–Kier alpha value is -3.50. The summed E-state index contributed by atoms with van der Waals surface area (Å²) in [4.78, 5) is 20.4. The van der Waals surface area contributed by atoms with Gasteiger partial charge >= 0.3 is 0 Å². The molecule has 32 heavy (non-hydrogen) atoms. The molecule has 9 nitrogen and oxygen atoms in total. The number of nitrogens with zero attached hydrogens (tertiary/aromatic N) is 2. The zero-order valence-corrected chi connectivity index (χ0v) is 18.8. The van der Waals surface area contributed by atoms with Crippen molar-refractivity contribution in [1.82, 2.24) is 9.97 Å². The fourth-order valence-corrected chi connectivity index (χ4v) is 3.51. The van der Waals surface area contributed by atoms with E-state index in [9.17, 15) is 13.2 Å². The molecule has 1 aromatic carbocycles. The van der Waals surface area contributed by atoms with E-state index in [0.29, 0.717) is 47.4 Å². The van der Waals surface area contributed by atoms with Crippen LogP contribution in [0.2, 0.25) is 0 Å². The molecule has 0 unspecified atom stereocenters. The van der Waals surface area contributed by atoms with Crippen LogP contribution in [0, 0.1) is 0 Å². The predicted octanol–water partition coefficient (Wildman–Crippen LogP) is 3.27. The summed E-state index contributed by atoms with van der Waals surface area (Å²) in [6, 6.07) is 11.7. The van der Waals surface area contributed by atoms with E-state index in [2.05, 4.69) is 20.6 Å². The average Bonchev–Trinajstić information content (AvgIpc) is 2.74. The Kier molecular flexibility index (Phi) is 7.39. The summed E-state index contributed by atoms with van der Waals surface area (Å²) in [6.07, 6.45) is 4.33. The lowest BCUT2D eigenvalue weighted by Crippen LogP contribution is -2.08. The van der Waals surface area contributed by atoms with Crippen LogP contribution in [-0.4, -0.2) is 50.9 Å². The van der Waals surface area contributed by atoms with E-state index in [0.717, 1.165) is 6.26 Å². The summed E-state index contributed by atoms with van der Waals surface area (Å²) in [5, 5.41) is 5.86. The normalized spacial score (nSPS) is 11.1. The highest BCUT2D eigenvalue weighted by atomic mass is 32.2. The van der Waals surface area contributed by atoms with Crippen molar-refractivity contribution in [2.45, 2.75) is 11.8 Å². The lowest BCUT2D eigenvalue weighted by atomic mass is 10.1. The van der Waals surface area contributed by atoms with Gasteiger partial charge < -0.3 is 20.1 Å². The molecule has 0 aliphatic carbocycles. The van der Waals surface area contributed by atoms with Crippen LogP contribution in [0.25, 0.3) is 11.3 Å². The van der Waals surface area contributed by atoms with Gasteiger partial charge in [0.2, 0.25) is 5.91 Å². The molecule has 0 radical (unpaired) electrons. The van der Waals surface area contributed by atoms with Crippen LogP contribution in [0.1, 0.15) is 6.92 Å². The van der Waals surface area contributed by atoms with E-state index in [-0.39, 0.29) is 10.8 Å². The SMILES string of the molecule is COCCOc1ccc(-c2cnc(NC(C)=O)cc2Nc2cccc(S(C)(=O)=O)c2)nc1. The molecule has 0 fully saturated rings. The summed E-state index contributed by atoms with van der Waals surface area (Å²) in [6.45, 7) is 2.27. The number of sulfone groups is 1. The Balaban J connectivity index is 1.95. The fraction of sp³-hybridized carbons (Fsp3) is 0.227. The van der Waals surface area contributed by atoms with E-state index in [1.165, 1.54) is 19.1 Å². The summed E-state index contributed by atoms with van der Waals surface area (Å²) >= 11 is 0. The van der Waals surface area contributed by atoms with Crippen molar-refractivity contribution >= 4 is 32.9 Å². The van der Waals surface area contributed by atoms with E-state index in [4.69, 9.17) is 9.47 Å². The minimum atomic E-state index is -3.36. The second-order valence-corrected chi connectivity index (χ2v) is 8.96. The minimum absolute atomic E-state index is 0.191. The topological polar surface area (TPSA) is 120 Å². The number of pyridine rings is 2. The van der Waals surface area contributed by atoms with Gasteiger partial charge in [0.15, 0.2) is 9.84 Å². The summed E-state index contributed by atoms with van der Waals surface area (Å²) in [5.41, 5.74) is 2.43. The number of rotatable bonds is 9. The summed E-state index contributed by atoms with van der Waals surface area (Å²) in [7, 11) is -1.76. The van der Waals surface area contributed by atoms with Crippen LogP contribution >= 0.6 is 0 Å². The number of carbonyl (C=O) groups is 1. The Labute approximate surface area is 186 Å². The Morgan fingerprint density at radius 3 is 2.53 bits per heavy atom. The molecule has 2 aromatic heterocycles. The minimum Gasteiger partial charge on any atom is -0.490 e. The molecule has 3 rings (SSSR count). The van der Waals surface area contributed by atoms with Crippen LogP contribution in [0.5, 0.6) is 5.75 Å². The van der Waals surface area contributed by atoms with Crippen molar-refractivity contribution in [3.63, 3.8) is 0 Å². The molecule has 0 aliphatic heterocycles. The van der Waals surface area contributed by atoms with Crippen LogP contribution in [0.4, 0.5) is 17.2 Å². The standard InChI is InChI=1S/C22H24N4O5S/c1-15(27)25-22-12-21(26-16-5-4-6-18(11-16)32(3,28)29)19(14-24-22)20-8-7-17(13-23-20)31-10-9-30-2/h4-8,11-14H,9-10H2,1-3H3,(H2,24,25,26,27). The third-order valence-electron chi connectivity index (χ3n) is 4.32. The monoisotopic (exact) mass is 456 g/mol. The van der Waals surface area contributed by atoms with E-state index < -0.39 is 9.84 Å². The zero-order chi connectivity index (χ0) is 23.1. The zero-order valence-electron chi connectivity index (χ0n) is 18.0. The number of hydrogen-bond donors (Lipinski definition) is 2. The number of anilines is 3. The number of amides is 1. The number of carbonyl (C=O) groups excluding carboxylic acids is 1. The maximum Gasteiger partial charge on any atom is 0.222 e. The first kappa shape index (κ1) is 23.2. The maximum absolute atomic E-state index is 11.9. The van der Waals surface area contributed by atoms with E-state index in [1.807, 2.05) is 0 Å². The molecule has 2 heterocycles. The molecule has 10 heteroatoms. The molecule has 1 amide bonds. The molecule has 0 saturated heterocycles. The van der Waals surface area contributed by atoms with Crippen LogP contribution in [0.3, 0.4) is 0 Å². The third kappa shape index (κ3) is 6.25. The Bertz CT molecular complexity index is 1200. The average molecular weight is 457 g/mol. The second-order valence-electron chi connectivity index (χ2n) is 6.94. The number of hydrogen-bond acceptors (Lipinski definition) is 8. The third-order valence-corrected chi connectivity index (χ3v) is 5.43. The van der Waals surface area contributed by atoms with Gasteiger partial charge in [-0.1, -0.05) is 6.07 Å². The van der Waals surface area contributed by atoms with Crippen molar-refractivity contribution in [3.05, 3.63) is 54.9 Å². The fourth-order valence-electron chi connectivity index (χ4n) is 2.84. The number of ether oxygens (including phenoxy) is 2. The van der Waals surface area contributed by atoms with Gasteiger partial charge in [-0.2, -0.15) is 0 Å². The highest BCUT2D eigenvalue weighted by molar-refractivity contribution is 7.90. The maximum atomic E-state index is 11.9. The summed E-state index contributed by atoms with van der Waals surface area (Å²) < 4.78 is 34.3. The molecule has 2 N–H and O–H groups in total. The first-order valence-corrected chi connectivity index (χ1v) is 11.6. The van der Waals surface area contributed by atoms with Crippen LogP contribution in [0.15, 0.2) is 59.8 Å². The smallest absolute Gasteiger partial charge is 0.222 e. The van der Waals surface area contributed by atoms with E-state index in [1.54, 1.807) is 49.8 Å². The molecule has 0 atom stereocenters.